The summed E-state index contributed by atoms with van der Waals surface area (Å²) in [6, 6.07) is 38.1. The van der Waals surface area contributed by atoms with E-state index in [-0.39, 0.29) is 0 Å². The quantitative estimate of drug-likeness (QED) is 0.294. The number of rotatable bonds is 3. The number of nitrogens with zero attached hydrogens (tertiary/aromatic N) is 4. The molecule has 7 aromatic rings. The van der Waals surface area contributed by atoms with Crippen LogP contribution >= 0.6 is 0 Å². The predicted molar refractivity (Wildman–Crippen MR) is 139 cm³/mol. The van der Waals surface area contributed by atoms with Gasteiger partial charge in [0.2, 0.25) is 0 Å². The zero-order chi connectivity index (χ0) is 22.5. The van der Waals surface area contributed by atoms with E-state index in [4.69, 9.17) is 0 Å². The third kappa shape index (κ3) is 2.86. The van der Waals surface area contributed by atoms with Crippen molar-refractivity contribution in [2.24, 2.45) is 0 Å². The molecule has 0 fully saturated rings. The molecule has 34 heavy (non-hydrogen) atoms. The number of fused-ring (bicyclic) bond motifs is 4. The molecule has 4 heteroatoms. The fourth-order valence-corrected chi connectivity index (χ4v) is 4.88. The first-order chi connectivity index (χ1) is 16.9. The Hall–Kier alpha value is -4.70. The molecule has 0 saturated carbocycles. The summed E-state index contributed by atoms with van der Waals surface area (Å²) >= 11 is 0. The van der Waals surface area contributed by atoms with Crippen molar-refractivity contribution >= 4 is 32.7 Å². The van der Waals surface area contributed by atoms with Gasteiger partial charge in [0.05, 0.1) is 34.1 Å². The van der Waals surface area contributed by atoms with Gasteiger partial charge in [0, 0.05) is 33.6 Å². The minimum Gasteiger partial charge on any atom is -0.309 e. The molecule has 0 bridgehead atoms. The summed E-state index contributed by atoms with van der Waals surface area (Å²) < 4.78 is 4.35. The Morgan fingerprint density at radius 1 is 0.559 bits per heavy atom. The van der Waals surface area contributed by atoms with Crippen molar-refractivity contribution in [3.63, 3.8) is 0 Å². The first kappa shape index (κ1) is 18.8. The van der Waals surface area contributed by atoms with Gasteiger partial charge in [-0.2, -0.15) is 5.10 Å². The van der Waals surface area contributed by atoms with E-state index in [0.717, 1.165) is 39.1 Å². The van der Waals surface area contributed by atoms with Crippen molar-refractivity contribution in [1.82, 2.24) is 19.3 Å². The fraction of sp³-hybridized carbons (Fsp3) is 0. The Balaban J connectivity index is 1.49. The molecule has 160 valence electrons. The molecule has 0 atom stereocenters. The summed E-state index contributed by atoms with van der Waals surface area (Å²) in [4.78, 5) is 4.57. The number of para-hydroxylation sites is 2. The SMILES string of the molecule is c1ccc(-c2ccc3c4ccccc4n(-c4cccc(-n5ncc6ccccc65)c4)c3c2)nc1. The van der Waals surface area contributed by atoms with Gasteiger partial charge in [-0.25, -0.2) is 4.68 Å². The van der Waals surface area contributed by atoms with Crippen LogP contribution in [0.5, 0.6) is 0 Å². The molecule has 0 radical (unpaired) electrons. The standard InChI is InChI=1S/C30H20N4/c1-3-13-28-22(8-1)20-32-34(28)24-10-7-9-23(19-24)33-29-14-4-2-11-25(29)26-16-15-21(18-30(26)33)27-12-5-6-17-31-27/h1-20H. The van der Waals surface area contributed by atoms with Crippen LogP contribution in [0, 0.1) is 0 Å². The Morgan fingerprint density at radius 3 is 2.26 bits per heavy atom. The van der Waals surface area contributed by atoms with Crippen LogP contribution in [0.3, 0.4) is 0 Å². The van der Waals surface area contributed by atoms with E-state index in [1.54, 1.807) is 0 Å². The molecule has 0 unspecified atom stereocenters. The Morgan fingerprint density at radius 2 is 1.35 bits per heavy atom. The molecule has 0 aliphatic heterocycles. The van der Waals surface area contributed by atoms with Crippen molar-refractivity contribution in [1.29, 1.82) is 0 Å². The number of hydrogen-bond donors (Lipinski definition) is 0. The van der Waals surface area contributed by atoms with Crippen molar-refractivity contribution in [3.05, 3.63) is 122 Å². The molecule has 4 nitrogen and oxygen atoms in total. The molecule has 3 heterocycles. The second-order valence-corrected chi connectivity index (χ2v) is 8.43. The maximum absolute atomic E-state index is 4.67. The minimum absolute atomic E-state index is 0.970. The van der Waals surface area contributed by atoms with Gasteiger partial charge in [-0.1, -0.05) is 60.7 Å². The van der Waals surface area contributed by atoms with Gasteiger partial charge in [0.25, 0.3) is 0 Å². The van der Waals surface area contributed by atoms with Gasteiger partial charge >= 0.3 is 0 Å². The minimum atomic E-state index is 0.970. The average molecular weight is 437 g/mol. The molecule has 0 amide bonds. The van der Waals surface area contributed by atoms with E-state index < -0.39 is 0 Å². The number of pyridine rings is 1. The third-order valence-corrected chi connectivity index (χ3v) is 6.44. The zero-order valence-corrected chi connectivity index (χ0v) is 18.3. The highest BCUT2D eigenvalue weighted by atomic mass is 15.3. The van der Waals surface area contributed by atoms with Crippen LogP contribution in [0.1, 0.15) is 0 Å². The lowest BCUT2D eigenvalue weighted by Gasteiger charge is -2.11. The van der Waals surface area contributed by atoms with E-state index >= 15 is 0 Å². The normalized spacial score (nSPS) is 11.5. The predicted octanol–water partition coefficient (Wildman–Crippen LogP) is 7.18. The molecule has 4 aromatic carbocycles. The van der Waals surface area contributed by atoms with E-state index in [1.165, 1.54) is 16.3 Å². The lowest BCUT2D eigenvalue weighted by Crippen LogP contribution is -1.99. The second kappa shape index (κ2) is 7.42. The molecule has 0 N–H and O–H groups in total. The summed E-state index contributed by atoms with van der Waals surface area (Å²) in [5.41, 5.74) is 7.64. The lowest BCUT2D eigenvalue weighted by molar-refractivity contribution is 0.908. The van der Waals surface area contributed by atoms with Gasteiger partial charge in [0.15, 0.2) is 0 Å². The van der Waals surface area contributed by atoms with Crippen LogP contribution in [0.25, 0.3) is 55.3 Å². The molecule has 0 saturated heterocycles. The van der Waals surface area contributed by atoms with Crippen LogP contribution in [0.2, 0.25) is 0 Å². The molecule has 7 rings (SSSR count). The smallest absolute Gasteiger partial charge is 0.0741 e. The first-order valence-corrected chi connectivity index (χ1v) is 11.3. The highest BCUT2D eigenvalue weighted by Crippen LogP contribution is 2.35. The summed E-state index contributed by atoms with van der Waals surface area (Å²) in [5, 5.41) is 8.26. The lowest BCUT2D eigenvalue weighted by atomic mass is 10.1. The van der Waals surface area contributed by atoms with Gasteiger partial charge in [-0.3, -0.25) is 4.98 Å². The molecule has 3 aromatic heterocycles. The van der Waals surface area contributed by atoms with Gasteiger partial charge in [-0.15, -0.1) is 0 Å². The summed E-state index contributed by atoms with van der Waals surface area (Å²) in [6.45, 7) is 0. The van der Waals surface area contributed by atoms with Crippen LogP contribution in [0.4, 0.5) is 0 Å². The van der Waals surface area contributed by atoms with Gasteiger partial charge in [0.1, 0.15) is 0 Å². The molecular formula is C30H20N4. The fourth-order valence-electron chi connectivity index (χ4n) is 4.88. The van der Waals surface area contributed by atoms with Crippen molar-refractivity contribution in [3.8, 4) is 22.6 Å². The monoisotopic (exact) mass is 436 g/mol. The third-order valence-electron chi connectivity index (χ3n) is 6.44. The molecule has 0 spiro atoms. The second-order valence-electron chi connectivity index (χ2n) is 8.43. The van der Waals surface area contributed by atoms with Crippen LogP contribution < -0.4 is 0 Å². The van der Waals surface area contributed by atoms with E-state index in [1.807, 2.05) is 35.3 Å². The average Bonchev–Trinajstić information content (AvgIpc) is 3.48. The van der Waals surface area contributed by atoms with Crippen LogP contribution in [0.15, 0.2) is 122 Å². The summed E-state index contributed by atoms with van der Waals surface area (Å²) in [5.74, 6) is 0. The summed E-state index contributed by atoms with van der Waals surface area (Å²) in [6.07, 6.45) is 3.76. The zero-order valence-electron chi connectivity index (χ0n) is 18.3. The van der Waals surface area contributed by atoms with Crippen molar-refractivity contribution < 1.29 is 0 Å². The Kier molecular flexibility index (Phi) is 4.11. The van der Waals surface area contributed by atoms with Crippen LogP contribution in [-0.4, -0.2) is 19.3 Å². The topological polar surface area (TPSA) is 35.6 Å². The van der Waals surface area contributed by atoms with Crippen molar-refractivity contribution in [2.75, 3.05) is 0 Å². The van der Waals surface area contributed by atoms with E-state index in [2.05, 4.69) is 106 Å². The Labute approximate surface area is 196 Å². The van der Waals surface area contributed by atoms with Gasteiger partial charge < -0.3 is 4.57 Å². The summed E-state index contributed by atoms with van der Waals surface area (Å²) in [7, 11) is 0. The van der Waals surface area contributed by atoms with E-state index in [9.17, 15) is 0 Å². The number of benzene rings is 4. The highest BCUT2D eigenvalue weighted by molar-refractivity contribution is 6.10. The molecule has 0 aliphatic rings. The highest BCUT2D eigenvalue weighted by Gasteiger charge is 2.14. The Bertz CT molecular complexity index is 1810. The van der Waals surface area contributed by atoms with Crippen LogP contribution in [-0.2, 0) is 0 Å². The number of aromatic nitrogens is 4. The number of hydrogen-bond acceptors (Lipinski definition) is 2. The maximum Gasteiger partial charge on any atom is 0.0741 e. The molecule has 0 aliphatic carbocycles. The maximum atomic E-state index is 4.67. The molecular weight excluding hydrogens is 416 g/mol. The van der Waals surface area contributed by atoms with Crippen molar-refractivity contribution in [2.45, 2.75) is 0 Å². The largest absolute Gasteiger partial charge is 0.309 e. The van der Waals surface area contributed by atoms with Gasteiger partial charge in [-0.05, 0) is 48.5 Å². The van der Waals surface area contributed by atoms with E-state index in [0.29, 0.717) is 0 Å². The first-order valence-electron chi connectivity index (χ1n) is 11.3.